The van der Waals surface area contributed by atoms with Gasteiger partial charge in [-0.25, -0.2) is 9.97 Å². The second-order valence-corrected chi connectivity index (χ2v) is 9.65. The number of carbonyl (C=O) groups excluding carboxylic acids is 1. The standard InChI is InChI=1S/C31H33N5O3/c37-30(19-23-7-3-1-4-8-23)34-28-13-11-25(21-32-28)36-17-15-26(16-18-36)39-27-12-14-29(33-22-27)35-31(38)20-24-9-5-2-6-10-24/h1-14,21-22,26,30,37H,15-20H2,(H,32,34)(H,33,35,38). The van der Waals surface area contributed by atoms with E-state index in [-0.39, 0.29) is 12.0 Å². The number of ether oxygens (including phenoxy) is 1. The number of aromatic nitrogens is 2. The molecule has 1 saturated heterocycles. The number of nitrogens with one attached hydrogen (secondary N) is 2. The minimum Gasteiger partial charge on any atom is -0.489 e. The summed E-state index contributed by atoms with van der Waals surface area (Å²) in [6.07, 6.45) is 5.48. The van der Waals surface area contributed by atoms with Crippen LogP contribution in [0.3, 0.4) is 0 Å². The number of hydrogen-bond donors (Lipinski definition) is 3. The Morgan fingerprint density at radius 2 is 1.54 bits per heavy atom. The predicted molar refractivity (Wildman–Crippen MR) is 153 cm³/mol. The molecule has 3 heterocycles. The summed E-state index contributed by atoms with van der Waals surface area (Å²) in [5, 5.41) is 16.2. The maximum Gasteiger partial charge on any atom is 0.229 e. The van der Waals surface area contributed by atoms with Crippen LogP contribution >= 0.6 is 0 Å². The highest BCUT2D eigenvalue weighted by molar-refractivity contribution is 5.91. The number of amides is 1. The molecule has 4 aromatic rings. The third-order valence-corrected chi connectivity index (χ3v) is 6.66. The van der Waals surface area contributed by atoms with Gasteiger partial charge in [0, 0.05) is 32.4 Å². The fourth-order valence-electron chi connectivity index (χ4n) is 4.63. The summed E-state index contributed by atoms with van der Waals surface area (Å²) in [5.41, 5.74) is 3.08. The van der Waals surface area contributed by atoms with Gasteiger partial charge in [0.25, 0.3) is 0 Å². The average Bonchev–Trinajstić information content (AvgIpc) is 2.96. The zero-order chi connectivity index (χ0) is 26.9. The first kappa shape index (κ1) is 26.2. The smallest absolute Gasteiger partial charge is 0.229 e. The third kappa shape index (κ3) is 7.78. The molecule has 5 rings (SSSR count). The molecular weight excluding hydrogens is 490 g/mol. The Balaban J connectivity index is 1.05. The van der Waals surface area contributed by atoms with Gasteiger partial charge in [0.1, 0.15) is 29.7 Å². The van der Waals surface area contributed by atoms with E-state index in [1.165, 1.54) is 0 Å². The molecule has 1 aliphatic heterocycles. The van der Waals surface area contributed by atoms with Gasteiger partial charge in [-0.3, -0.25) is 4.79 Å². The third-order valence-electron chi connectivity index (χ3n) is 6.66. The minimum atomic E-state index is -0.701. The van der Waals surface area contributed by atoms with Crippen molar-refractivity contribution >= 4 is 23.2 Å². The number of aliphatic hydroxyl groups excluding tert-OH is 1. The number of nitrogens with zero attached hydrogens (tertiary/aromatic N) is 3. The second kappa shape index (κ2) is 12.9. The molecule has 0 bridgehead atoms. The normalized spacial score (nSPS) is 14.4. The molecule has 8 nitrogen and oxygen atoms in total. The van der Waals surface area contributed by atoms with Gasteiger partial charge in [-0.2, -0.15) is 0 Å². The number of hydrogen-bond acceptors (Lipinski definition) is 7. The van der Waals surface area contributed by atoms with E-state index in [1.807, 2.05) is 85.1 Å². The van der Waals surface area contributed by atoms with Crippen molar-refractivity contribution in [2.75, 3.05) is 28.6 Å². The minimum absolute atomic E-state index is 0.101. The van der Waals surface area contributed by atoms with Crippen molar-refractivity contribution < 1.29 is 14.6 Å². The summed E-state index contributed by atoms with van der Waals surface area (Å²) >= 11 is 0. The van der Waals surface area contributed by atoms with E-state index in [9.17, 15) is 9.90 Å². The Kier molecular flexibility index (Phi) is 8.65. The lowest BCUT2D eigenvalue weighted by Gasteiger charge is -2.33. The van der Waals surface area contributed by atoms with Crippen LogP contribution in [0.4, 0.5) is 17.3 Å². The molecule has 3 N–H and O–H groups in total. The van der Waals surface area contributed by atoms with Crippen molar-refractivity contribution in [2.45, 2.75) is 38.0 Å². The van der Waals surface area contributed by atoms with Gasteiger partial charge < -0.3 is 25.4 Å². The average molecular weight is 524 g/mol. The Labute approximate surface area is 228 Å². The molecule has 200 valence electrons. The number of rotatable bonds is 10. The van der Waals surface area contributed by atoms with Gasteiger partial charge in [-0.1, -0.05) is 60.7 Å². The van der Waals surface area contributed by atoms with E-state index in [1.54, 1.807) is 12.3 Å². The molecule has 2 aromatic heterocycles. The number of aliphatic hydroxyl groups is 1. The molecule has 1 unspecified atom stereocenters. The van der Waals surface area contributed by atoms with Gasteiger partial charge in [-0.05, 0) is 35.4 Å². The van der Waals surface area contributed by atoms with Gasteiger partial charge in [0.2, 0.25) is 5.91 Å². The highest BCUT2D eigenvalue weighted by Gasteiger charge is 2.21. The lowest BCUT2D eigenvalue weighted by molar-refractivity contribution is -0.115. The molecule has 1 amide bonds. The highest BCUT2D eigenvalue weighted by Crippen LogP contribution is 2.24. The quantitative estimate of drug-likeness (QED) is 0.260. The van der Waals surface area contributed by atoms with Crippen molar-refractivity contribution in [2.24, 2.45) is 0 Å². The molecule has 1 atom stereocenters. The molecule has 2 aromatic carbocycles. The largest absolute Gasteiger partial charge is 0.489 e. The van der Waals surface area contributed by atoms with Gasteiger partial charge in [0.05, 0.1) is 24.5 Å². The van der Waals surface area contributed by atoms with Crippen LogP contribution in [0.5, 0.6) is 5.75 Å². The molecule has 39 heavy (non-hydrogen) atoms. The summed E-state index contributed by atoms with van der Waals surface area (Å²) in [5.74, 6) is 1.75. The molecular formula is C31H33N5O3. The molecule has 1 fully saturated rings. The van der Waals surface area contributed by atoms with Gasteiger partial charge in [-0.15, -0.1) is 0 Å². The van der Waals surface area contributed by atoms with Crippen molar-refractivity contribution in [1.82, 2.24) is 9.97 Å². The lowest BCUT2D eigenvalue weighted by atomic mass is 10.1. The van der Waals surface area contributed by atoms with Crippen molar-refractivity contribution in [3.63, 3.8) is 0 Å². The Morgan fingerprint density at radius 1 is 0.872 bits per heavy atom. The Morgan fingerprint density at radius 3 is 2.18 bits per heavy atom. The van der Waals surface area contributed by atoms with Crippen LogP contribution in [0.15, 0.2) is 97.3 Å². The first-order valence-electron chi connectivity index (χ1n) is 13.3. The number of anilines is 3. The molecule has 0 saturated carbocycles. The zero-order valence-corrected chi connectivity index (χ0v) is 21.7. The van der Waals surface area contributed by atoms with Gasteiger partial charge >= 0.3 is 0 Å². The second-order valence-electron chi connectivity index (χ2n) is 9.65. The van der Waals surface area contributed by atoms with Gasteiger partial charge in [0.15, 0.2) is 0 Å². The van der Waals surface area contributed by atoms with Crippen LogP contribution in [0.2, 0.25) is 0 Å². The number of piperidine rings is 1. The van der Waals surface area contributed by atoms with Crippen LogP contribution in [-0.2, 0) is 17.6 Å². The Hall–Kier alpha value is -4.43. The van der Waals surface area contributed by atoms with Crippen LogP contribution in [0.1, 0.15) is 24.0 Å². The molecule has 0 radical (unpaired) electrons. The van der Waals surface area contributed by atoms with E-state index in [4.69, 9.17) is 4.74 Å². The molecule has 0 spiro atoms. The fourth-order valence-corrected chi connectivity index (χ4v) is 4.63. The number of benzene rings is 2. The molecule has 1 aliphatic rings. The Bertz CT molecular complexity index is 1310. The molecule has 0 aliphatic carbocycles. The van der Waals surface area contributed by atoms with Crippen LogP contribution < -0.4 is 20.3 Å². The van der Waals surface area contributed by atoms with E-state index < -0.39 is 6.23 Å². The van der Waals surface area contributed by atoms with Crippen molar-refractivity contribution in [3.05, 3.63) is 108 Å². The van der Waals surface area contributed by atoms with Crippen molar-refractivity contribution in [3.8, 4) is 5.75 Å². The number of carbonyl (C=O) groups is 1. The zero-order valence-electron chi connectivity index (χ0n) is 21.7. The fraction of sp³-hybridized carbons (Fsp3) is 0.258. The summed E-state index contributed by atoms with van der Waals surface area (Å²) in [7, 11) is 0. The highest BCUT2D eigenvalue weighted by atomic mass is 16.5. The lowest BCUT2D eigenvalue weighted by Crippen LogP contribution is -2.38. The number of pyridine rings is 2. The van der Waals surface area contributed by atoms with E-state index in [2.05, 4.69) is 25.5 Å². The maximum absolute atomic E-state index is 12.3. The predicted octanol–water partition coefficient (Wildman–Crippen LogP) is 4.68. The van der Waals surface area contributed by atoms with E-state index in [0.717, 1.165) is 42.7 Å². The van der Waals surface area contributed by atoms with E-state index >= 15 is 0 Å². The summed E-state index contributed by atoms with van der Waals surface area (Å²) < 4.78 is 6.15. The monoisotopic (exact) mass is 523 g/mol. The SMILES string of the molecule is O=C(Cc1ccccc1)Nc1ccc(OC2CCN(c3ccc(NC(O)Cc4ccccc4)nc3)CC2)cn1. The first-order chi connectivity index (χ1) is 19.1. The van der Waals surface area contributed by atoms with Crippen LogP contribution in [-0.4, -0.2) is 46.4 Å². The summed E-state index contributed by atoms with van der Waals surface area (Å²) in [6.45, 7) is 1.72. The van der Waals surface area contributed by atoms with Crippen LogP contribution in [0.25, 0.3) is 0 Å². The topological polar surface area (TPSA) is 99.6 Å². The molecule has 8 heteroatoms. The summed E-state index contributed by atoms with van der Waals surface area (Å²) in [6, 6.07) is 27.0. The van der Waals surface area contributed by atoms with E-state index in [0.29, 0.717) is 30.2 Å². The summed E-state index contributed by atoms with van der Waals surface area (Å²) in [4.78, 5) is 23.4. The van der Waals surface area contributed by atoms with Crippen LogP contribution in [0, 0.1) is 0 Å². The maximum atomic E-state index is 12.3. The first-order valence-corrected chi connectivity index (χ1v) is 13.3. The van der Waals surface area contributed by atoms with Crippen molar-refractivity contribution in [1.29, 1.82) is 0 Å².